The minimum absolute atomic E-state index is 0.0328. The van der Waals surface area contributed by atoms with Crippen molar-refractivity contribution in [2.45, 2.75) is 43.4 Å². The molecule has 2 rings (SSSR count). The number of nitrogens with one attached hydrogen (secondary N) is 1. The molecule has 0 unspecified atom stereocenters. The minimum atomic E-state index is -3.75. The number of rotatable bonds is 6. The molecule has 0 radical (unpaired) electrons. The number of aliphatic hydroxyl groups is 1. The highest BCUT2D eigenvalue weighted by Crippen LogP contribution is 2.30. The molecule has 1 aromatic rings. The van der Waals surface area contributed by atoms with E-state index in [2.05, 4.69) is 4.72 Å². The molecule has 118 valence electrons. The average molecular weight is 354 g/mol. The third-order valence-corrected chi connectivity index (χ3v) is 5.72. The summed E-state index contributed by atoms with van der Waals surface area (Å²) in [5.74, 6) is 0. The van der Waals surface area contributed by atoms with Gasteiger partial charge in [-0.3, -0.25) is 0 Å². The third-order valence-electron chi connectivity index (χ3n) is 3.38. The van der Waals surface area contributed by atoms with Gasteiger partial charge in [0.25, 0.3) is 0 Å². The topological polar surface area (TPSA) is 75.6 Å². The van der Waals surface area contributed by atoms with Crippen molar-refractivity contribution in [2.75, 3.05) is 6.61 Å². The molecule has 1 fully saturated rings. The van der Waals surface area contributed by atoms with Gasteiger partial charge in [0.15, 0.2) is 0 Å². The first kappa shape index (κ1) is 17.0. The lowest BCUT2D eigenvalue weighted by molar-refractivity contribution is -0.00475. The lowest BCUT2D eigenvalue weighted by Gasteiger charge is -2.35. The molecule has 8 heteroatoms. The molecular weight excluding hydrogens is 337 g/mol. The molecule has 0 amide bonds. The maximum absolute atomic E-state index is 12.3. The van der Waals surface area contributed by atoms with Crippen molar-refractivity contribution in [3.8, 4) is 0 Å². The highest BCUT2D eigenvalue weighted by Gasteiger charge is 2.33. The standard InChI is InChI=1S/C13H17Cl2NO4S/c1-2-20-10-4-9(5-10)16-21(18,19)13-3-8(7-17)11(14)6-12(13)15/h3,6,9-10,16-17H,2,4-5,7H2,1H3. The summed E-state index contributed by atoms with van der Waals surface area (Å²) in [7, 11) is -3.75. The van der Waals surface area contributed by atoms with Crippen LogP contribution in [-0.4, -0.2) is 32.3 Å². The fourth-order valence-corrected chi connectivity index (χ4v) is 4.33. The van der Waals surface area contributed by atoms with E-state index in [0.717, 1.165) is 0 Å². The molecular formula is C13H17Cl2NO4S. The summed E-state index contributed by atoms with van der Waals surface area (Å²) in [4.78, 5) is -0.0718. The van der Waals surface area contributed by atoms with E-state index in [1.807, 2.05) is 6.92 Å². The maximum Gasteiger partial charge on any atom is 0.242 e. The average Bonchev–Trinajstić information content (AvgIpc) is 2.36. The zero-order valence-electron chi connectivity index (χ0n) is 11.5. The van der Waals surface area contributed by atoms with Gasteiger partial charge in [0, 0.05) is 17.7 Å². The van der Waals surface area contributed by atoms with Crippen molar-refractivity contribution in [1.29, 1.82) is 0 Å². The predicted octanol–water partition coefficient (Wildman–Crippen LogP) is 2.33. The number of ether oxygens (including phenoxy) is 1. The Morgan fingerprint density at radius 3 is 2.57 bits per heavy atom. The van der Waals surface area contributed by atoms with Crippen LogP contribution in [-0.2, 0) is 21.4 Å². The van der Waals surface area contributed by atoms with Crippen molar-refractivity contribution in [2.24, 2.45) is 0 Å². The number of aliphatic hydroxyl groups excluding tert-OH is 1. The van der Waals surface area contributed by atoms with E-state index in [9.17, 15) is 13.5 Å². The van der Waals surface area contributed by atoms with Gasteiger partial charge in [-0.15, -0.1) is 0 Å². The van der Waals surface area contributed by atoms with Gasteiger partial charge < -0.3 is 9.84 Å². The summed E-state index contributed by atoms with van der Waals surface area (Å²) in [6.07, 6.45) is 1.40. The highest BCUT2D eigenvalue weighted by molar-refractivity contribution is 7.89. The van der Waals surface area contributed by atoms with Gasteiger partial charge in [0.1, 0.15) is 4.90 Å². The molecule has 0 aliphatic heterocycles. The predicted molar refractivity (Wildman–Crippen MR) is 81.1 cm³/mol. The largest absolute Gasteiger partial charge is 0.392 e. The molecule has 0 saturated heterocycles. The molecule has 0 heterocycles. The molecule has 1 saturated carbocycles. The summed E-state index contributed by atoms with van der Waals surface area (Å²) < 4.78 is 32.7. The van der Waals surface area contributed by atoms with Gasteiger partial charge in [-0.25, -0.2) is 13.1 Å². The molecule has 1 aliphatic carbocycles. The van der Waals surface area contributed by atoms with Crippen LogP contribution >= 0.6 is 23.2 Å². The van der Waals surface area contributed by atoms with Gasteiger partial charge in [-0.05, 0) is 37.5 Å². The van der Waals surface area contributed by atoms with Crippen molar-refractivity contribution in [3.63, 3.8) is 0 Å². The molecule has 1 aromatic carbocycles. The minimum Gasteiger partial charge on any atom is -0.392 e. The smallest absolute Gasteiger partial charge is 0.242 e. The van der Waals surface area contributed by atoms with Crippen LogP contribution in [0.3, 0.4) is 0 Å². The van der Waals surface area contributed by atoms with E-state index in [0.29, 0.717) is 25.0 Å². The third kappa shape index (κ3) is 3.88. The fourth-order valence-electron chi connectivity index (χ4n) is 2.21. The molecule has 0 atom stereocenters. The highest BCUT2D eigenvalue weighted by atomic mass is 35.5. The summed E-state index contributed by atoms with van der Waals surface area (Å²) in [5, 5.41) is 9.44. The van der Waals surface area contributed by atoms with Crippen LogP contribution in [0.5, 0.6) is 0 Å². The van der Waals surface area contributed by atoms with Crippen molar-refractivity contribution < 1.29 is 18.3 Å². The van der Waals surface area contributed by atoms with Crippen LogP contribution in [0.1, 0.15) is 25.3 Å². The number of hydrogen-bond donors (Lipinski definition) is 2. The number of halogens is 2. The summed E-state index contributed by atoms with van der Waals surface area (Å²) in [6, 6.07) is 2.47. The van der Waals surface area contributed by atoms with E-state index >= 15 is 0 Å². The first-order valence-electron chi connectivity index (χ1n) is 6.60. The Morgan fingerprint density at radius 1 is 1.33 bits per heavy atom. The lowest BCUT2D eigenvalue weighted by atomic mass is 9.90. The number of hydrogen-bond acceptors (Lipinski definition) is 4. The van der Waals surface area contributed by atoms with Crippen LogP contribution in [0.15, 0.2) is 17.0 Å². The Balaban J connectivity index is 2.13. The Kier molecular flexibility index (Phi) is 5.51. The second-order valence-corrected chi connectivity index (χ2v) is 7.40. The Bertz CT molecular complexity index is 615. The first-order chi connectivity index (χ1) is 9.87. The lowest BCUT2D eigenvalue weighted by Crippen LogP contribution is -2.47. The quantitative estimate of drug-likeness (QED) is 0.822. The van der Waals surface area contributed by atoms with Gasteiger partial charge in [-0.2, -0.15) is 0 Å². The van der Waals surface area contributed by atoms with Gasteiger partial charge in [-0.1, -0.05) is 23.2 Å². The van der Waals surface area contributed by atoms with E-state index in [4.69, 9.17) is 27.9 Å². The SMILES string of the molecule is CCOC1CC(NS(=O)(=O)c2cc(CO)c(Cl)cc2Cl)C1. The zero-order chi connectivity index (χ0) is 15.6. The van der Waals surface area contributed by atoms with Crippen LogP contribution in [0, 0.1) is 0 Å². The van der Waals surface area contributed by atoms with E-state index < -0.39 is 10.0 Å². The Labute approximate surface area is 134 Å². The van der Waals surface area contributed by atoms with Gasteiger partial charge >= 0.3 is 0 Å². The Hall–Kier alpha value is -0.370. The van der Waals surface area contributed by atoms with Crippen molar-refractivity contribution in [3.05, 3.63) is 27.7 Å². The fraction of sp³-hybridized carbons (Fsp3) is 0.538. The van der Waals surface area contributed by atoms with Crippen molar-refractivity contribution in [1.82, 2.24) is 4.72 Å². The zero-order valence-corrected chi connectivity index (χ0v) is 13.8. The maximum atomic E-state index is 12.3. The molecule has 1 aliphatic rings. The first-order valence-corrected chi connectivity index (χ1v) is 8.84. The molecule has 0 aromatic heterocycles. The van der Waals surface area contributed by atoms with Gasteiger partial charge in [0.05, 0.1) is 17.7 Å². The van der Waals surface area contributed by atoms with Crippen LogP contribution in [0.25, 0.3) is 0 Å². The molecule has 0 spiro atoms. The van der Waals surface area contributed by atoms with Gasteiger partial charge in [0.2, 0.25) is 10.0 Å². The molecule has 2 N–H and O–H groups in total. The second kappa shape index (κ2) is 6.81. The Morgan fingerprint density at radius 2 is 2.00 bits per heavy atom. The van der Waals surface area contributed by atoms with Crippen LogP contribution < -0.4 is 4.72 Å². The normalized spacial score (nSPS) is 22.1. The van der Waals surface area contributed by atoms with Crippen LogP contribution in [0.2, 0.25) is 10.0 Å². The molecule has 21 heavy (non-hydrogen) atoms. The van der Waals surface area contributed by atoms with E-state index in [1.165, 1.54) is 12.1 Å². The second-order valence-electron chi connectivity index (χ2n) is 4.90. The summed E-state index contributed by atoms with van der Waals surface area (Å²) >= 11 is 11.8. The number of sulfonamides is 1. The molecule has 5 nitrogen and oxygen atoms in total. The molecule has 0 bridgehead atoms. The van der Waals surface area contributed by atoms with E-state index in [-0.39, 0.29) is 33.7 Å². The van der Waals surface area contributed by atoms with Crippen molar-refractivity contribution >= 4 is 33.2 Å². The van der Waals surface area contributed by atoms with E-state index in [1.54, 1.807) is 0 Å². The summed E-state index contributed by atoms with van der Waals surface area (Å²) in [6.45, 7) is 2.17. The van der Waals surface area contributed by atoms with Crippen LogP contribution in [0.4, 0.5) is 0 Å². The monoisotopic (exact) mass is 353 g/mol. The summed E-state index contributed by atoms with van der Waals surface area (Å²) in [5.41, 5.74) is 0.322. The number of benzene rings is 1.